The Balaban J connectivity index is 2.14. The first-order chi connectivity index (χ1) is 8.91. The van der Waals surface area contributed by atoms with E-state index < -0.39 is 34.5 Å². The summed E-state index contributed by atoms with van der Waals surface area (Å²) >= 11 is 0. The molecule has 1 aliphatic carbocycles. The SMILES string of the molecule is O=C(O)c1cc(F)c(OCC2(O)CCCC2)c(F)c1. The molecule has 19 heavy (non-hydrogen) atoms. The molecule has 6 heteroatoms. The van der Waals surface area contributed by atoms with Gasteiger partial charge in [0.1, 0.15) is 6.61 Å². The van der Waals surface area contributed by atoms with Gasteiger partial charge in [-0.05, 0) is 25.0 Å². The molecule has 0 unspecified atom stereocenters. The van der Waals surface area contributed by atoms with Gasteiger partial charge in [-0.1, -0.05) is 12.8 Å². The van der Waals surface area contributed by atoms with Gasteiger partial charge in [0.15, 0.2) is 17.4 Å². The van der Waals surface area contributed by atoms with Gasteiger partial charge in [-0.2, -0.15) is 0 Å². The zero-order chi connectivity index (χ0) is 14.0. The third-order valence-corrected chi connectivity index (χ3v) is 3.26. The summed E-state index contributed by atoms with van der Waals surface area (Å²) in [5.74, 6) is -4.23. The molecule has 2 rings (SSSR count). The van der Waals surface area contributed by atoms with Crippen LogP contribution in [0.3, 0.4) is 0 Å². The maximum atomic E-state index is 13.6. The molecule has 1 aromatic rings. The van der Waals surface area contributed by atoms with Crippen molar-refractivity contribution in [1.29, 1.82) is 0 Å². The molecular formula is C13H14F2O4. The van der Waals surface area contributed by atoms with Crippen LogP contribution >= 0.6 is 0 Å². The van der Waals surface area contributed by atoms with E-state index in [2.05, 4.69) is 0 Å². The Kier molecular flexibility index (Phi) is 3.71. The minimum absolute atomic E-state index is 0.201. The van der Waals surface area contributed by atoms with E-state index in [9.17, 15) is 18.7 Å². The van der Waals surface area contributed by atoms with Crippen LogP contribution < -0.4 is 4.74 Å². The van der Waals surface area contributed by atoms with Crippen molar-refractivity contribution in [3.63, 3.8) is 0 Å². The van der Waals surface area contributed by atoms with E-state index in [-0.39, 0.29) is 6.61 Å². The lowest BCUT2D eigenvalue weighted by Crippen LogP contribution is -2.32. The van der Waals surface area contributed by atoms with Crippen molar-refractivity contribution in [2.75, 3.05) is 6.61 Å². The van der Waals surface area contributed by atoms with Crippen LogP contribution in [0, 0.1) is 11.6 Å². The Morgan fingerprint density at radius 3 is 2.26 bits per heavy atom. The highest BCUT2D eigenvalue weighted by Gasteiger charge is 2.32. The Bertz CT molecular complexity index is 472. The Labute approximate surface area is 108 Å². The molecule has 1 fully saturated rings. The van der Waals surface area contributed by atoms with Crippen LogP contribution in [0.4, 0.5) is 8.78 Å². The second kappa shape index (κ2) is 5.13. The molecule has 0 heterocycles. The number of benzene rings is 1. The Morgan fingerprint density at radius 1 is 1.26 bits per heavy atom. The lowest BCUT2D eigenvalue weighted by atomic mass is 10.0. The smallest absolute Gasteiger partial charge is 0.335 e. The van der Waals surface area contributed by atoms with Crippen LogP contribution in [0.1, 0.15) is 36.0 Å². The quantitative estimate of drug-likeness (QED) is 0.883. The average Bonchev–Trinajstić information content (AvgIpc) is 2.75. The maximum absolute atomic E-state index is 13.6. The summed E-state index contributed by atoms with van der Waals surface area (Å²) in [4.78, 5) is 10.6. The molecule has 0 aromatic heterocycles. The zero-order valence-electron chi connectivity index (χ0n) is 10.2. The largest absolute Gasteiger partial charge is 0.485 e. The van der Waals surface area contributed by atoms with Crippen molar-refractivity contribution in [1.82, 2.24) is 0 Å². The van der Waals surface area contributed by atoms with Crippen molar-refractivity contribution in [3.8, 4) is 5.75 Å². The highest BCUT2D eigenvalue weighted by Crippen LogP contribution is 2.31. The van der Waals surface area contributed by atoms with Gasteiger partial charge >= 0.3 is 5.97 Å². The van der Waals surface area contributed by atoms with Gasteiger partial charge in [-0.25, -0.2) is 13.6 Å². The molecule has 0 spiro atoms. The second-order valence-electron chi connectivity index (χ2n) is 4.79. The first-order valence-corrected chi connectivity index (χ1v) is 5.99. The van der Waals surface area contributed by atoms with Crippen molar-refractivity contribution in [2.24, 2.45) is 0 Å². The minimum Gasteiger partial charge on any atom is -0.485 e. The molecule has 0 saturated heterocycles. The van der Waals surface area contributed by atoms with Crippen LogP contribution in [-0.4, -0.2) is 28.4 Å². The molecular weight excluding hydrogens is 258 g/mol. The molecule has 0 atom stereocenters. The molecule has 1 saturated carbocycles. The molecule has 0 aliphatic heterocycles. The summed E-state index contributed by atoms with van der Waals surface area (Å²) in [6, 6.07) is 1.39. The standard InChI is InChI=1S/C13H14F2O4/c14-9-5-8(12(16)17)6-10(15)11(9)19-7-13(18)3-1-2-4-13/h5-6,18H,1-4,7H2,(H,16,17). The van der Waals surface area contributed by atoms with E-state index in [0.29, 0.717) is 25.0 Å². The lowest BCUT2D eigenvalue weighted by Gasteiger charge is -2.22. The first kappa shape index (κ1) is 13.7. The van der Waals surface area contributed by atoms with E-state index in [1.807, 2.05) is 0 Å². The van der Waals surface area contributed by atoms with Crippen LogP contribution in [0.2, 0.25) is 0 Å². The molecule has 0 bridgehead atoms. The van der Waals surface area contributed by atoms with Crippen LogP contribution in [0.15, 0.2) is 12.1 Å². The van der Waals surface area contributed by atoms with Gasteiger partial charge in [0, 0.05) is 0 Å². The number of rotatable bonds is 4. The number of carboxylic acids is 1. The number of hydrogen-bond acceptors (Lipinski definition) is 3. The van der Waals surface area contributed by atoms with E-state index >= 15 is 0 Å². The van der Waals surface area contributed by atoms with E-state index in [1.165, 1.54) is 0 Å². The van der Waals surface area contributed by atoms with Crippen molar-refractivity contribution in [2.45, 2.75) is 31.3 Å². The summed E-state index contributed by atoms with van der Waals surface area (Å²) in [6.07, 6.45) is 2.76. The van der Waals surface area contributed by atoms with Gasteiger partial charge in [0.05, 0.1) is 11.2 Å². The highest BCUT2D eigenvalue weighted by atomic mass is 19.1. The summed E-state index contributed by atoms with van der Waals surface area (Å²) in [6.45, 7) is -0.201. The first-order valence-electron chi connectivity index (χ1n) is 5.99. The summed E-state index contributed by atoms with van der Waals surface area (Å²) in [5.41, 5.74) is -1.54. The van der Waals surface area contributed by atoms with Gasteiger partial charge in [-0.15, -0.1) is 0 Å². The maximum Gasteiger partial charge on any atom is 0.335 e. The van der Waals surface area contributed by atoms with Crippen molar-refractivity contribution in [3.05, 3.63) is 29.3 Å². The number of ether oxygens (including phenoxy) is 1. The Morgan fingerprint density at radius 2 is 1.79 bits per heavy atom. The number of carbonyl (C=O) groups is 1. The highest BCUT2D eigenvalue weighted by molar-refractivity contribution is 5.87. The molecule has 104 valence electrons. The van der Waals surface area contributed by atoms with Crippen LogP contribution in [-0.2, 0) is 0 Å². The van der Waals surface area contributed by atoms with Gasteiger partial charge in [-0.3, -0.25) is 0 Å². The summed E-state index contributed by atoms with van der Waals surface area (Å²) in [5, 5.41) is 18.7. The molecule has 0 radical (unpaired) electrons. The van der Waals surface area contributed by atoms with E-state index in [0.717, 1.165) is 12.8 Å². The number of carboxylic acid groups (broad SMARTS) is 1. The van der Waals surface area contributed by atoms with Crippen LogP contribution in [0.5, 0.6) is 5.75 Å². The lowest BCUT2D eigenvalue weighted by molar-refractivity contribution is -0.000871. The van der Waals surface area contributed by atoms with Gasteiger partial charge < -0.3 is 14.9 Å². The monoisotopic (exact) mass is 272 g/mol. The third kappa shape index (κ3) is 3.01. The van der Waals surface area contributed by atoms with Crippen molar-refractivity contribution < 1.29 is 28.5 Å². The number of hydrogen-bond donors (Lipinski definition) is 2. The molecule has 4 nitrogen and oxygen atoms in total. The van der Waals surface area contributed by atoms with Crippen molar-refractivity contribution >= 4 is 5.97 Å². The summed E-state index contributed by atoms with van der Waals surface area (Å²) < 4.78 is 32.1. The molecule has 2 N–H and O–H groups in total. The Hall–Kier alpha value is -1.69. The molecule has 1 aliphatic rings. The normalized spacial score (nSPS) is 17.4. The fourth-order valence-electron chi connectivity index (χ4n) is 2.21. The van der Waals surface area contributed by atoms with Crippen LogP contribution in [0.25, 0.3) is 0 Å². The fourth-order valence-corrected chi connectivity index (χ4v) is 2.21. The number of aromatic carboxylic acids is 1. The topological polar surface area (TPSA) is 66.8 Å². The zero-order valence-corrected chi connectivity index (χ0v) is 10.2. The second-order valence-corrected chi connectivity index (χ2v) is 4.79. The predicted octanol–water partition coefficient (Wildman–Crippen LogP) is 2.35. The van der Waals surface area contributed by atoms with Gasteiger partial charge in [0.25, 0.3) is 0 Å². The van der Waals surface area contributed by atoms with E-state index in [1.54, 1.807) is 0 Å². The molecule has 1 aromatic carbocycles. The summed E-state index contributed by atoms with van der Waals surface area (Å²) in [7, 11) is 0. The minimum atomic E-state index is -1.42. The molecule has 0 amide bonds. The van der Waals surface area contributed by atoms with Gasteiger partial charge in [0.2, 0.25) is 0 Å². The predicted molar refractivity (Wildman–Crippen MR) is 62.2 cm³/mol. The third-order valence-electron chi connectivity index (χ3n) is 3.26. The average molecular weight is 272 g/mol. The fraction of sp³-hybridized carbons (Fsp3) is 0.462. The van der Waals surface area contributed by atoms with E-state index in [4.69, 9.17) is 9.84 Å². The number of aliphatic hydroxyl groups is 1. The number of halogens is 2.